The second-order valence-electron chi connectivity index (χ2n) is 3.06. The van der Waals surface area contributed by atoms with Gasteiger partial charge in [-0.1, -0.05) is 6.92 Å². The highest BCUT2D eigenvalue weighted by atomic mass is 19.4. The fourth-order valence-electron chi connectivity index (χ4n) is 1.17. The van der Waals surface area contributed by atoms with Gasteiger partial charge in [0, 0.05) is 6.42 Å². The number of rotatable bonds is 2. The van der Waals surface area contributed by atoms with E-state index in [-0.39, 0.29) is 6.42 Å². The molecular formula is C10H7F5O. The lowest BCUT2D eigenvalue weighted by atomic mass is 10.0. The van der Waals surface area contributed by atoms with Gasteiger partial charge in [-0.25, -0.2) is 8.78 Å². The van der Waals surface area contributed by atoms with Crippen LogP contribution in [0.5, 0.6) is 0 Å². The molecule has 0 amide bonds. The van der Waals surface area contributed by atoms with Crippen molar-refractivity contribution in [1.82, 2.24) is 0 Å². The van der Waals surface area contributed by atoms with E-state index in [9.17, 15) is 26.7 Å². The maximum absolute atomic E-state index is 13.1. The lowest BCUT2D eigenvalue weighted by molar-refractivity contribution is -0.140. The normalized spacial score (nSPS) is 11.6. The zero-order valence-corrected chi connectivity index (χ0v) is 8.16. The van der Waals surface area contributed by atoms with E-state index in [1.54, 1.807) is 0 Å². The first kappa shape index (κ1) is 12.6. The molecule has 1 aromatic rings. The van der Waals surface area contributed by atoms with E-state index in [0.29, 0.717) is 12.1 Å². The van der Waals surface area contributed by atoms with Gasteiger partial charge in [-0.05, 0) is 12.1 Å². The van der Waals surface area contributed by atoms with Crippen molar-refractivity contribution in [2.24, 2.45) is 0 Å². The Kier molecular flexibility index (Phi) is 3.30. The Balaban J connectivity index is 3.35. The van der Waals surface area contributed by atoms with Crippen molar-refractivity contribution in [1.29, 1.82) is 0 Å². The van der Waals surface area contributed by atoms with Crippen LogP contribution in [-0.2, 0) is 6.18 Å². The minimum absolute atomic E-state index is 0.109. The van der Waals surface area contributed by atoms with Gasteiger partial charge >= 0.3 is 6.18 Å². The first-order valence-electron chi connectivity index (χ1n) is 4.37. The molecule has 1 rings (SSSR count). The first-order valence-corrected chi connectivity index (χ1v) is 4.37. The summed E-state index contributed by atoms with van der Waals surface area (Å²) in [4.78, 5) is 11.1. The van der Waals surface area contributed by atoms with Crippen molar-refractivity contribution in [3.05, 3.63) is 34.9 Å². The third-order valence-corrected chi connectivity index (χ3v) is 2.01. The summed E-state index contributed by atoms with van der Waals surface area (Å²) < 4.78 is 62.6. The number of ketones is 1. The molecule has 0 radical (unpaired) electrons. The molecule has 0 heterocycles. The Labute approximate surface area is 87.9 Å². The molecule has 0 fully saturated rings. The molecule has 0 aliphatic rings. The first-order chi connectivity index (χ1) is 7.29. The fraction of sp³-hybridized carbons (Fsp3) is 0.300. The van der Waals surface area contributed by atoms with Crippen molar-refractivity contribution in [2.45, 2.75) is 19.5 Å². The van der Waals surface area contributed by atoms with Crippen LogP contribution in [0.25, 0.3) is 0 Å². The maximum atomic E-state index is 13.1. The van der Waals surface area contributed by atoms with Gasteiger partial charge in [-0.2, -0.15) is 13.2 Å². The smallest absolute Gasteiger partial charge is 0.294 e. The third kappa shape index (κ3) is 2.20. The highest BCUT2D eigenvalue weighted by Crippen LogP contribution is 2.33. The van der Waals surface area contributed by atoms with Crippen molar-refractivity contribution in [2.75, 3.05) is 0 Å². The van der Waals surface area contributed by atoms with Crippen LogP contribution in [0, 0.1) is 11.6 Å². The lowest BCUT2D eigenvalue weighted by Gasteiger charge is -2.10. The number of hydrogen-bond acceptors (Lipinski definition) is 1. The summed E-state index contributed by atoms with van der Waals surface area (Å²) in [6.45, 7) is 1.40. The Hall–Kier alpha value is -1.46. The third-order valence-electron chi connectivity index (χ3n) is 2.01. The van der Waals surface area contributed by atoms with Crippen molar-refractivity contribution < 1.29 is 26.7 Å². The Bertz CT molecular complexity index is 422. The van der Waals surface area contributed by atoms with E-state index in [2.05, 4.69) is 0 Å². The number of alkyl halides is 3. The van der Waals surface area contributed by atoms with Crippen LogP contribution < -0.4 is 0 Å². The van der Waals surface area contributed by atoms with Crippen LogP contribution >= 0.6 is 0 Å². The zero-order valence-electron chi connectivity index (χ0n) is 8.16. The molecule has 0 saturated carbocycles. The van der Waals surface area contributed by atoms with Crippen LogP contribution in [0.2, 0.25) is 0 Å². The van der Waals surface area contributed by atoms with Crippen LogP contribution in [0.3, 0.4) is 0 Å². The van der Waals surface area contributed by atoms with Crippen molar-refractivity contribution in [3.8, 4) is 0 Å². The quantitative estimate of drug-likeness (QED) is 0.568. The van der Waals surface area contributed by atoms with E-state index in [0.717, 1.165) is 0 Å². The molecular weight excluding hydrogens is 231 g/mol. The number of Topliss-reactive ketones (excluding diaryl/α,β-unsaturated/α-hetero) is 1. The van der Waals surface area contributed by atoms with Crippen LogP contribution in [0.1, 0.15) is 29.3 Å². The molecule has 0 saturated heterocycles. The molecule has 0 atom stereocenters. The average Bonchev–Trinajstić information content (AvgIpc) is 2.19. The summed E-state index contributed by atoms with van der Waals surface area (Å²) in [6.07, 6.45) is -5.08. The second-order valence-corrected chi connectivity index (χ2v) is 3.06. The van der Waals surface area contributed by atoms with Crippen LogP contribution in [-0.4, -0.2) is 5.78 Å². The molecule has 6 heteroatoms. The SMILES string of the molecule is CCC(=O)c1ccc(C(F)(F)F)c(F)c1F. The number of carbonyl (C=O) groups is 1. The van der Waals surface area contributed by atoms with Gasteiger partial charge in [-0.15, -0.1) is 0 Å². The molecule has 1 nitrogen and oxygen atoms in total. The summed E-state index contributed by atoms with van der Waals surface area (Å²) >= 11 is 0. The van der Waals surface area contributed by atoms with Gasteiger partial charge in [0.2, 0.25) is 0 Å². The standard InChI is InChI=1S/C10H7F5O/c1-2-7(16)5-3-4-6(10(13,14)15)9(12)8(5)11/h3-4H,2H2,1H3. The topological polar surface area (TPSA) is 17.1 Å². The van der Waals surface area contributed by atoms with E-state index < -0.39 is 34.7 Å². The average molecular weight is 238 g/mol. The Morgan fingerprint density at radius 3 is 2.19 bits per heavy atom. The molecule has 0 aliphatic heterocycles. The summed E-state index contributed by atoms with van der Waals surface area (Å²) in [6, 6.07) is 1.01. The minimum atomic E-state index is -4.97. The van der Waals surface area contributed by atoms with E-state index >= 15 is 0 Å². The molecule has 0 spiro atoms. The van der Waals surface area contributed by atoms with Gasteiger partial charge < -0.3 is 0 Å². The highest BCUT2D eigenvalue weighted by Gasteiger charge is 2.36. The number of carbonyl (C=O) groups excluding carboxylic acids is 1. The molecule has 1 aromatic carbocycles. The largest absolute Gasteiger partial charge is 0.419 e. The predicted molar refractivity (Wildman–Crippen MR) is 46.0 cm³/mol. The minimum Gasteiger partial charge on any atom is -0.294 e. The van der Waals surface area contributed by atoms with Crippen LogP contribution in [0.15, 0.2) is 12.1 Å². The monoisotopic (exact) mass is 238 g/mol. The molecule has 0 aromatic heterocycles. The molecule has 0 bridgehead atoms. The molecule has 88 valence electrons. The van der Waals surface area contributed by atoms with Crippen molar-refractivity contribution in [3.63, 3.8) is 0 Å². The number of halogens is 5. The summed E-state index contributed by atoms with van der Waals surface area (Å²) in [5.41, 5.74) is -2.37. The van der Waals surface area contributed by atoms with Gasteiger partial charge in [0.05, 0.1) is 11.1 Å². The van der Waals surface area contributed by atoms with Crippen LogP contribution in [0.4, 0.5) is 22.0 Å². The highest BCUT2D eigenvalue weighted by molar-refractivity contribution is 5.96. The van der Waals surface area contributed by atoms with Gasteiger partial charge in [0.15, 0.2) is 17.4 Å². The van der Waals surface area contributed by atoms with Gasteiger partial charge in [0.1, 0.15) is 0 Å². The predicted octanol–water partition coefficient (Wildman–Crippen LogP) is 3.58. The zero-order chi connectivity index (χ0) is 12.5. The Morgan fingerprint density at radius 1 is 1.19 bits per heavy atom. The summed E-state index contributed by atoms with van der Waals surface area (Å²) in [5, 5.41) is 0. The van der Waals surface area contributed by atoms with Gasteiger partial charge in [-0.3, -0.25) is 4.79 Å². The summed E-state index contributed by atoms with van der Waals surface area (Å²) in [7, 11) is 0. The molecule has 0 N–H and O–H groups in total. The molecule has 16 heavy (non-hydrogen) atoms. The lowest BCUT2D eigenvalue weighted by Crippen LogP contribution is -2.12. The van der Waals surface area contributed by atoms with E-state index in [4.69, 9.17) is 0 Å². The fourth-order valence-corrected chi connectivity index (χ4v) is 1.17. The number of hydrogen-bond donors (Lipinski definition) is 0. The summed E-state index contributed by atoms with van der Waals surface area (Å²) in [5.74, 6) is -4.53. The molecule has 0 unspecified atom stereocenters. The number of benzene rings is 1. The maximum Gasteiger partial charge on any atom is 0.419 e. The van der Waals surface area contributed by atoms with E-state index in [1.807, 2.05) is 0 Å². The van der Waals surface area contributed by atoms with E-state index in [1.165, 1.54) is 6.92 Å². The Morgan fingerprint density at radius 2 is 1.75 bits per heavy atom. The van der Waals surface area contributed by atoms with Gasteiger partial charge in [0.25, 0.3) is 0 Å². The second kappa shape index (κ2) is 4.19. The van der Waals surface area contributed by atoms with Crippen molar-refractivity contribution >= 4 is 5.78 Å². The molecule has 0 aliphatic carbocycles.